The van der Waals surface area contributed by atoms with Gasteiger partial charge in [-0.25, -0.2) is 0 Å². The molecule has 1 rings (SSSR count). The van der Waals surface area contributed by atoms with Gasteiger partial charge in [-0.2, -0.15) is 0 Å². The van der Waals surface area contributed by atoms with Gasteiger partial charge < -0.3 is 10.1 Å². The highest BCUT2D eigenvalue weighted by Crippen LogP contribution is 2.18. The van der Waals surface area contributed by atoms with Crippen LogP contribution in [-0.4, -0.2) is 19.6 Å². The standard InChI is InChI=1S/C18H29NO2/c1-5-7-8-15(6-2)13-19-18(20)12-16-9-10-17(21-4)14(3)11-16/h9-11,15H,5-8,12-13H2,1-4H3,(H,19,20)/t15-/m1/s1. The average Bonchev–Trinajstić information content (AvgIpc) is 2.47. The number of rotatable bonds is 9. The summed E-state index contributed by atoms with van der Waals surface area (Å²) in [6.07, 6.45) is 5.23. The number of carbonyl (C=O) groups is 1. The Morgan fingerprint density at radius 2 is 2.10 bits per heavy atom. The maximum atomic E-state index is 12.0. The Hall–Kier alpha value is -1.51. The Morgan fingerprint density at radius 3 is 2.67 bits per heavy atom. The fraction of sp³-hybridized carbons (Fsp3) is 0.611. The van der Waals surface area contributed by atoms with Crippen LogP contribution in [-0.2, 0) is 11.2 Å². The summed E-state index contributed by atoms with van der Waals surface area (Å²) in [5.74, 6) is 1.57. The van der Waals surface area contributed by atoms with Gasteiger partial charge in [0.15, 0.2) is 0 Å². The zero-order valence-electron chi connectivity index (χ0n) is 13.9. The van der Waals surface area contributed by atoms with Crippen molar-refractivity contribution in [1.82, 2.24) is 5.32 Å². The van der Waals surface area contributed by atoms with Gasteiger partial charge >= 0.3 is 0 Å². The summed E-state index contributed by atoms with van der Waals surface area (Å²) in [5, 5.41) is 3.07. The zero-order valence-corrected chi connectivity index (χ0v) is 13.9. The Morgan fingerprint density at radius 1 is 1.33 bits per heavy atom. The minimum Gasteiger partial charge on any atom is -0.496 e. The molecule has 0 heterocycles. The Labute approximate surface area is 129 Å². The van der Waals surface area contributed by atoms with E-state index in [9.17, 15) is 4.79 Å². The van der Waals surface area contributed by atoms with E-state index in [2.05, 4.69) is 19.2 Å². The molecule has 0 aliphatic carbocycles. The van der Waals surface area contributed by atoms with E-state index >= 15 is 0 Å². The fourth-order valence-electron chi connectivity index (χ4n) is 2.50. The molecular formula is C18H29NO2. The van der Waals surface area contributed by atoms with Crippen molar-refractivity contribution < 1.29 is 9.53 Å². The van der Waals surface area contributed by atoms with Crippen molar-refractivity contribution in [3.8, 4) is 5.75 Å². The molecule has 0 spiro atoms. The van der Waals surface area contributed by atoms with Crippen LogP contribution in [0.25, 0.3) is 0 Å². The number of ether oxygens (including phenoxy) is 1. The first-order chi connectivity index (χ1) is 10.1. The minimum absolute atomic E-state index is 0.106. The number of hydrogen-bond donors (Lipinski definition) is 1. The van der Waals surface area contributed by atoms with Gasteiger partial charge in [-0.1, -0.05) is 45.2 Å². The first-order valence-electron chi connectivity index (χ1n) is 8.00. The highest BCUT2D eigenvalue weighted by molar-refractivity contribution is 5.78. The van der Waals surface area contributed by atoms with Crippen LogP contribution in [0.1, 0.15) is 50.7 Å². The largest absolute Gasteiger partial charge is 0.496 e. The summed E-state index contributed by atoms with van der Waals surface area (Å²) in [7, 11) is 1.66. The maximum absolute atomic E-state index is 12.0. The van der Waals surface area contributed by atoms with E-state index in [0.717, 1.165) is 29.8 Å². The van der Waals surface area contributed by atoms with Crippen LogP contribution >= 0.6 is 0 Å². The maximum Gasteiger partial charge on any atom is 0.224 e. The molecule has 0 aliphatic heterocycles. The summed E-state index contributed by atoms with van der Waals surface area (Å²) in [6, 6.07) is 5.90. The molecule has 3 nitrogen and oxygen atoms in total. The molecule has 0 saturated heterocycles. The van der Waals surface area contributed by atoms with Crippen molar-refractivity contribution >= 4 is 5.91 Å². The third kappa shape index (κ3) is 6.19. The van der Waals surface area contributed by atoms with E-state index in [-0.39, 0.29) is 5.91 Å². The third-order valence-corrected chi connectivity index (χ3v) is 3.96. The van der Waals surface area contributed by atoms with Crippen molar-refractivity contribution in [1.29, 1.82) is 0 Å². The lowest BCUT2D eigenvalue weighted by molar-refractivity contribution is -0.120. The van der Waals surface area contributed by atoms with Crippen LogP contribution < -0.4 is 10.1 Å². The number of nitrogens with one attached hydrogen (secondary N) is 1. The molecule has 21 heavy (non-hydrogen) atoms. The van der Waals surface area contributed by atoms with Crippen LogP contribution in [0.15, 0.2) is 18.2 Å². The quantitative estimate of drug-likeness (QED) is 0.750. The molecule has 0 aliphatic rings. The number of amides is 1. The number of carbonyl (C=O) groups excluding carboxylic acids is 1. The number of unbranched alkanes of at least 4 members (excludes halogenated alkanes) is 1. The van der Waals surface area contributed by atoms with E-state index in [1.807, 2.05) is 25.1 Å². The average molecular weight is 291 g/mol. The molecule has 0 aromatic heterocycles. The molecule has 0 fully saturated rings. The number of hydrogen-bond acceptors (Lipinski definition) is 2. The summed E-state index contributed by atoms with van der Waals surface area (Å²) in [4.78, 5) is 12.0. The number of methoxy groups -OCH3 is 1. The van der Waals surface area contributed by atoms with Crippen molar-refractivity contribution in [2.75, 3.05) is 13.7 Å². The molecule has 1 aromatic carbocycles. The first-order valence-corrected chi connectivity index (χ1v) is 8.00. The molecule has 0 radical (unpaired) electrons. The SMILES string of the molecule is CCCC[C@@H](CC)CNC(=O)Cc1ccc(OC)c(C)c1. The summed E-state index contributed by atoms with van der Waals surface area (Å²) in [5.41, 5.74) is 2.10. The Bertz CT molecular complexity index is 443. The molecule has 1 atom stereocenters. The van der Waals surface area contributed by atoms with Crippen LogP contribution in [0.2, 0.25) is 0 Å². The van der Waals surface area contributed by atoms with Crippen LogP contribution in [0, 0.1) is 12.8 Å². The fourth-order valence-corrected chi connectivity index (χ4v) is 2.50. The van der Waals surface area contributed by atoms with Gasteiger partial charge in [0.2, 0.25) is 5.91 Å². The van der Waals surface area contributed by atoms with Crippen LogP contribution in [0.4, 0.5) is 0 Å². The normalized spacial score (nSPS) is 12.0. The highest BCUT2D eigenvalue weighted by Gasteiger charge is 2.09. The molecule has 0 unspecified atom stereocenters. The van der Waals surface area contributed by atoms with Crippen LogP contribution in [0.5, 0.6) is 5.75 Å². The third-order valence-electron chi connectivity index (χ3n) is 3.96. The lowest BCUT2D eigenvalue weighted by Gasteiger charge is -2.15. The molecular weight excluding hydrogens is 262 g/mol. The predicted molar refractivity (Wildman–Crippen MR) is 87.8 cm³/mol. The van der Waals surface area contributed by atoms with Gasteiger partial charge in [0.1, 0.15) is 5.75 Å². The topological polar surface area (TPSA) is 38.3 Å². The molecule has 1 N–H and O–H groups in total. The van der Waals surface area contributed by atoms with Crippen molar-refractivity contribution in [2.45, 2.75) is 52.9 Å². The van der Waals surface area contributed by atoms with E-state index in [0.29, 0.717) is 12.3 Å². The van der Waals surface area contributed by atoms with Crippen molar-refractivity contribution in [3.63, 3.8) is 0 Å². The summed E-state index contributed by atoms with van der Waals surface area (Å²) in [6.45, 7) is 7.19. The van der Waals surface area contributed by atoms with Crippen molar-refractivity contribution in [3.05, 3.63) is 29.3 Å². The molecule has 3 heteroatoms. The molecule has 1 amide bonds. The van der Waals surface area contributed by atoms with Gasteiger partial charge in [0, 0.05) is 6.54 Å². The zero-order chi connectivity index (χ0) is 15.7. The first kappa shape index (κ1) is 17.5. The molecule has 118 valence electrons. The van der Waals surface area contributed by atoms with Gasteiger partial charge in [0.25, 0.3) is 0 Å². The van der Waals surface area contributed by atoms with Crippen molar-refractivity contribution in [2.24, 2.45) is 5.92 Å². The second-order valence-electron chi connectivity index (χ2n) is 5.70. The Kier molecular flexibility index (Phi) is 7.88. The highest BCUT2D eigenvalue weighted by atomic mass is 16.5. The van der Waals surface area contributed by atoms with Gasteiger partial charge in [-0.3, -0.25) is 4.79 Å². The van der Waals surface area contributed by atoms with E-state index in [4.69, 9.17) is 4.74 Å². The number of aryl methyl sites for hydroxylation is 1. The molecule has 0 bridgehead atoms. The lowest BCUT2D eigenvalue weighted by Crippen LogP contribution is -2.30. The summed E-state index contributed by atoms with van der Waals surface area (Å²) < 4.78 is 5.24. The number of benzene rings is 1. The summed E-state index contributed by atoms with van der Waals surface area (Å²) >= 11 is 0. The minimum atomic E-state index is 0.106. The smallest absolute Gasteiger partial charge is 0.224 e. The van der Waals surface area contributed by atoms with Gasteiger partial charge in [-0.05, 0) is 36.5 Å². The van der Waals surface area contributed by atoms with Gasteiger partial charge in [-0.15, -0.1) is 0 Å². The van der Waals surface area contributed by atoms with E-state index in [1.165, 1.54) is 19.3 Å². The van der Waals surface area contributed by atoms with Gasteiger partial charge in [0.05, 0.1) is 13.5 Å². The molecule has 1 aromatic rings. The second-order valence-corrected chi connectivity index (χ2v) is 5.70. The lowest BCUT2D eigenvalue weighted by atomic mass is 9.99. The van der Waals surface area contributed by atoms with E-state index < -0.39 is 0 Å². The second kappa shape index (κ2) is 9.43. The molecule has 0 saturated carbocycles. The monoisotopic (exact) mass is 291 g/mol. The van der Waals surface area contributed by atoms with E-state index in [1.54, 1.807) is 7.11 Å². The Balaban J connectivity index is 2.44. The predicted octanol–water partition coefficient (Wildman–Crippen LogP) is 3.88. The van der Waals surface area contributed by atoms with Crippen LogP contribution in [0.3, 0.4) is 0 Å².